The lowest BCUT2D eigenvalue weighted by molar-refractivity contribution is -0.139. The molecule has 0 heterocycles. The third-order valence-corrected chi connectivity index (χ3v) is 5.28. The number of hydrogen-bond acceptors (Lipinski definition) is 4. The lowest BCUT2D eigenvalue weighted by atomic mass is 10.1. The third-order valence-electron chi connectivity index (χ3n) is 2.60. The van der Waals surface area contributed by atoms with E-state index in [0.717, 1.165) is 12.1 Å². The van der Waals surface area contributed by atoms with Crippen LogP contribution in [0.3, 0.4) is 0 Å². The van der Waals surface area contributed by atoms with Crippen molar-refractivity contribution in [1.29, 1.82) is 0 Å². The van der Waals surface area contributed by atoms with Crippen LogP contribution in [0.15, 0.2) is 17.0 Å². The second kappa shape index (κ2) is 6.81. The summed E-state index contributed by atoms with van der Waals surface area (Å²) in [6, 6.07) is 2.31. The van der Waals surface area contributed by atoms with Gasteiger partial charge < -0.3 is 4.74 Å². The molecular formula is C12H15FINO4S. The van der Waals surface area contributed by atoms with Crippen LogP contribution in [0.25, 0.3) is 0 Å². The number of rotatable bonds is 5. The highest BCUT2D eigenvalue weighted by atomic mass is 127. The molecule has 0 radical (unpaired) electrons. The molecular weight excluding hydrogens is 400 g/mol. The Hall–Kier alpha value is -0.740. The minimum Gasteiger partial charge on any atom is -0.468 e. The molecule has 1 aromatic carbocycles. The fourth-order valence-electron chi connectivity index (χ4n) is 1.79. The molecule has 8 heteroatoms. The number of benzene rings is 1. The number of nitrogens with one attached hydrogen (secondary N) is 1. The van der Waals surface area contributed by atoms with Gasteiger partial charge in [0.25, 0.3) is 0 Å². The average Bonchev–Trinajstić information content (AvgIpc) is 2.33. The van der Waals surface area contributed by atoms with Crippen molar-refractivity contribution in [3.05, 3.63) is 29.1 Å². The Balaban J connectivity index is 2.98. The predicted octanol–water partition coefficient (Wildman–Crippen LogP) is 1.70. The van der Waals surface area contributed by atoms with Gasteiger partial charge in [0, 0.05) is 6.54 Å². The lowest BCUT2D eigenvalue weighted by Crippen LogP contribution is -2.34. The molecule has 0 spiro atoms. The maximum atomic E-state index is 13.2. The normalized spacial score (nSPS) is 13.1. The Bertz CT molecular complexity index is 595. The molecule has 0 bridgehead atoms. The largest absolute Gasteiger partial charge is 0.468 e. The first kappa shape index (κ1) is 17.3. The molecule has 0 fully saturated rings. The van der Waals surface area contributed by atoms with E-state index in [1.807, 2.05) is 0 Å². The van der Waals surface area contributed by atoms with Gasteiger partial charge in [-0.1, -0.05) is 22.6 Å². The third kappa shape index (κ3) is 4.13. The Morgan fingerprint density at radius 2 is 1.90 bits per heavy atom. The van der Waals surface area contributed by atoms with Crippen molar-refractivity contribution in [2.75, 3.05) is 13.7 Å². The van der Waals surface area contributed by atoms with Gasteiger partial charge in [0.15, 0.2) is 0 Å². The summed E-state index contributed by atoms with van der Waals surface area (Å²) in [4.78, 5) is 11.3. The fourth-order valence-corrected chi connectivity index (χ4v) is 4.06. The number of aryl methyl sites for hydroxylation is 2. The lowest BCUT2D eigenvalue weighted by Gasteiger charge is -2.13. The first-order valence-corrected chi connectivity index (χ1v) is 8.40. The SMILES string of the molecule is COC(=O)C(I)CNS(=O)(=O)c1c(C)cc(F)cc1C. The van der Waals surface area contributed by atoms with Crippen LogP contribution in [0.1, 0.15) is 11.1 Å². The Morgan fingerprint density at radius 3 is 2.35 bits per heavy atom. The van der Waals surface area contributed by atoms with Gasteiger partial charge in [-0.25, -0.2) is 17.5 Å². The van der Waals surface area contributed by atoms with Gasteiger partial charge >= 0.3 is 5.97 Å². The molecule has 1 rings (SSSR count). The maximum Gasteiger partial charge on any atom is 0.319 e. The molecule has 1 atom stereocenters. The van der Waals surface area contributed by atoms with Crippen molar-refractivity contribution >= 4 is 38.6 Å². The highest BCUT2D eigenvalue weighted by Crippen LogP contribution is 2.21. The van der Waals surface area contributed by atoms with E-state index in [4.69, 9.17) is 0 Å². The van der Waals surface area contributed by atoms with Crippen molar-refractivity contribution in [3.63, 3.8) is 0 Å². The first-order valence-electron chi connectivity index (χ1n) is 5.67. The number of hydrogen-bond donors (Lipinski definition) is 1. The summed E-state index contributed by atoms with van der Waals surface area (Å²) >= 11 is 1.79. The van der Waals surface area contributed by atoms with Crippen LogP contribution in [0.5, 0.6) is 0 Å². The molecule has 112 valence electrons. The van der Waals surface area contributed by atoms with Crippen LogP contribution in [0.2, 0.25) is 0 Å². The van der Waals surface area contributed by atoms with Crippen LogP contribution in [-0.2, 0) is 19.6 Å². The molecule has 5 nitrogen and oxygen atoms in total. The molecule has 1 N–H and O–H groups in total. The van der Waals surface area contributed by atoms with Crippen molar-refractivity contribution < 1.29 is 22.3 Å². The van der Waals surface area contributed by atoms with Gasteiger partial charge in [0.1, 0.15) is 9.74 Å². The molecule has 0 saturated heterocycles. The summed E-state index contributed by atoms with van der Waals surface area (Å²) < 4.78 is 43.8. The van der Waals surface area contributed by atoms with E-state index in [0.29, 0.717) is 11.1 Å². The summed E-state index contributed by atoms with van der Waals surface area (Å²) in [5.41, 5.74) is 0.635. The molecule has 0 aliphatic carbocycles. The predicted molar refractivity (Wildman–Crippen MR) is 80.9 cm³/mol. The van der Waals surface area contributed by atoms with Crippen LogP contribution >= 0.6 is 22.6 Å². The highest BCUT2D eigenvalue weighted by Gasteiger charge is 2.23. The van der Waals surface area contributed by atoms with Gasteiger partial charge in [-0.15, -0.1) is 0 Å². The number of ether oxygens (including phenoxy) is 1. The quantitative estimate of drug-likeness (QED) is 0.452. The molecule has 1 aromatic rings. The van der Waals surface area contributed by atoms with E-state index in [2.05, 4.69) is 9.46 Å². The van der Waals surface area contributed by atoms with Crippen molar-refractivity contribution in [1.82, 2.24) is 4.72 Å². The smallest absolute Gasteiger partial charge is 0.319 e. The number of esters is 1. The summed E-state index contributed by atoms with van der Waals surface area (Å²) in [6.45, 7) is 2.95. The topological polar surface area (TPSA) is 72.5 Å². The molecule has 0 aromatic heterocycles. The molecule has 20 heavy (non-hydrogen) atoms. The number of sulfonamides is 1. The van der Waals surface area contributed by atoms with Gasteiger partial charge in [-0.05, 0) is 37.1 Å². The molecule has 0 saturated carbocycles. The monoisotopic (exact) mass is 415 g/mol. The maximum absolute atomic E-state index is 13.2. The molecule has 0 amide bonds. The molecule has 0 aliphatic rings. The summed E-state index contributed by atoms with van der Waals surface area (Å²) in [5, 5.41) is 0. The van der Waals surface area contributed by atoms with Crippen LogP contribution in [-0.4, -0.2) is 32.0 Å². The number of carbonyl (C=O) groups excluding carboxylic acids is 1. The first-order chi connectivity index (χ1) is 9.19. The van der Waals surface area contributed by atoms with Crippen LogP contribution < -0.4 is 4.72 Å². The van der Waals surface area contributed by atoms with E-state index in [-0.39, 0.29) is 11.4 Å². The van der Waals surface area contributed by atoms with Gasteiger partial charge in [-0.2, -0.15) is 0 Å². The fraction of sp³-hybridized carbons (Fsp3) is 0.417. The van der Waals surface area contributed by atoms with Crippen molar-refractivity contribution in [2.45, 2.75) is 22.7 Å². The molecule has 0 aliphatic heterocycles. The zero-order valence-electron chi connectivity index (χ0n) is 11.2. The summed E-state index contributed by atoms with van der Waals surface area (Å²) in [6.07, 6.45) is 0. The number of halogens is 2. The summed E-state index contributed by atoms with van der Waals surface area (Å²) in [7, 11) is -2.57. The average molecular weight is 415 g/mol. The minimum atomic E-state index is -3.80. The number of methoxy groups -OCH3 is 1. The highest BCUT2D eigenvalue weighted by molar-refractivity contribution is 14.1. The standard InChI is InChI=1S/C12H15FINO4S/c1-7-4-9(13)5-8(2)11(7)20(17,18)15-6-10(14)12(16)19-3/h4-5,10,15H,6H2,1-3H3. The second-order valence-electron chi connectivity index (χ2n) is 4.21. The second-order valence-corrected chi connectivity index (χ2v) is 7.42. The van der Waals surface area contributed by atoms with Gasteiger partial charge in [-0.3, -0.25) is 4.79 Å². The van der Waals surface area contributed by atoms with E-state index >= 15 is 0 Å². The molecule has 1 unspecified atom stereocenters. The Labute approximate surface area is 131 Å². The van der Waals surface area contributed by atoms with E-state index in [9.17, 15) is 17.6 Å². The van der Waals surface area contributed by atoms with E-state index < -0.39 is 25.7 Å². The van der Waals surface area contributed by atoms with E-state index in [1.54, 1.807) is 22.6 Å². The zero-order chi connectivity index (χ0) is 15.5. The Morgan fingerprint density at radius 1 is 1.40 bits per heavy atom. The van der Waals surface area contributed by atoms with Crippen molar-refractivity contribution in [3.8, 4) is 0 Å². The zero-order valence-corrected chi connectivity index (χ0v) is 14.2. The summed E-state index contributed by atoms with van der Waals surface area (Å²) in [5.74, 6) is -0.999. The van der Waals surface area contributed by atoms with E-state index in [1.165, 1.54) is 21.0 Å². The van der Waals surface area contributed by atoms with Gasteiger partial charge in [0.2, 0.25) is 10.0 Å². The van der Waals surface area contributed by atoms with Crippen molar-refractivity contribution in [2.24, 2.45) is 0 Å². The number of carbonyl (C=O) groups is 1. The van der Waals surface area contributed by atoms with Crippen LogP contribution in [0, 0.1) is 19.7 Å². The Kier molecular flexibility index (Phi) is 5.90. The number of alkyl halides is 1. The van der Waals surface area contributed by atoms with Gasteiger partial charge in [0.05, 0.1) is 12.0 Å². The minimum absolute atomic E-state index is 0.0346. The van der Waals surface area contributed by atoms with Crippen LogP contribution in [0.4, 0.5) is 4.39 Å².